The zero-order valence-corrected chi connectivity index (χ0v) is 23.8. The molecule has 1 aliphatic carbocycles. The van der Waals surface area contributed by atoms with Gasteiger partial charge in [-0.2, -0.15) is 8.78 Å². The second-order valence-electron chi connectivity index (χ2n) is 10.4. The highest BCUT2D eigenvalue weighted by molar-refractivity contribution is 5.75. The monoisotopic (exact) mass is 618 g/mol. The zero-order valence-electron chi connectivity index (χ0n) is 23.8. The number of alkyl halides is 2. The number of halogens is 8. The fourth-order valence-corrected chi connectivity index (χ4v) is 4.92. The first kappa shape index (κ1) is 32.8. The van der Waals surface area contributed by atoms with Crippen molar-refractivity contribution in [1.29, 1.82) is 0 Å². The van der Waals surface area contributed by atoms with Crippen LogP contribution in [0.5, 0.6) is 5.75 Å². The van der Waals surface area contributed by atoms with E-state index in [1.165, 1.54) is 0 Å². The summed E-state index contributed by atoms with van der Waals surface area (Å²) in [4.78, 5) is 0. The van der Waals surface area contributed by atoms with Crippen LogP contribution in [0.1, 0.15) is 56.6 Å². The molecule has 0 fully saturated rings. The number of allylic oxidation sites excluding steroid dienone is 8. The maximum absolute atomic E-state index is 15.1. The molecule has 0 aromatic heterocycles. The summed E-state index contributed by atoms with van der Waals surface area (Å²) in [7, 11) is 0. The maximum atomic E-state index is 15.1. The van der Waals surface area contributed by atoms with Crippen LogP contribution in [-0.2, 0) is 6.11 Å². The Balaban J connectivity index is 1.57. The first-order valence-electron chi connectivity index (χ1n) is 14.2. The molecule has 4 rings (SSSR count). The lowest BCUT2D eigenvalue weighted by Gasteiger charge is -2.20. The Labute approximate surface area is 250 Å². The van der Waals surface area contributed by atoms with Gasteiger partial charge in [0.15, 0.2) is 17.5 Å². The van der Waals surface area contributed by atoms with Crippen LogP contribution in [0.15, 0.2) is 85.0 Å². The predicted octanol–water partition coefficient (Wildman–Crippen LogP) is 11.4. The molecule has 9 heteroatoms. The summed E-state index contributed by atoms with van der Waals surface area (Å²) in [6.45, 7) is 2.07. The van der Waals surface area contributed by atoms with E-state index < -0.39 is 63.5 Å². The summed E-state index contributed by atoms with van der Waals surface area (Å²) >= 11 is 0. The van der Waals surface area contributed by atoms with Crippen molar-refractivity contribution in [2.24, 2.45) is 5.92 Å². The smallest absolute Gasteiger partial charge is 0.429 e. The fourth-order valence-electron chi connectivity index (χ4n) is 4.92. The van der Waals surface area contributed by atoms with E-state index in [1.54, 1.807) is 18.2 Å². The molecule has 0 saturated carbocycles. The van der Waals surface area contributed by atoms with Crippen molar-refractivity contribution >= 4 is 5.57 Å². The molecule has 3 aromatic carbocycles. The third kappa shape index (κ3) is 8.07. The van der Waals surface area contributed by atoms with Gasteiger partial charge in [0.05, 0.1) is 0 Å². The summed E-state index contributed by atoms with van der Waals surface area (Å²) < 4.78 is 120. The Kier molecular flexibility index (Phi) is 10.8. The van der Waals surface area contributed by atoms with E-state index in [-0.39, 0.29) is 5.56 Å². The number of benzene rings is 3. The number of ether oxygens (including phenoxy) is 1. The first-order valence-corrected chi connectivity index (χ1v) is 14.2. The second-order valence-corrected chi connectivity index (χ2v) is 10.4. The van der Waals surface area contributed by atoms with E-state index in [9.17, 15) is 17.6 Å². The Morgan fingerprint density at radius 2 is 1.48 bits per heavy atom. The number of hydrogen-bond donors (Lipinski definition) is 0. The Hall–Kier alpha value is -4.14. The van der Waals surface area contributed by atoms with Crippen LogP contribution >= 0.6 is 0 Å². The summed E-state index contributed by atoms with van der Waals surface area (Å²) in [6.07, 6.45) is 14.1. The first-order chi connectivity index (χ1) is 21.0. The van der Waals surface area contributed by atoms with Gasteiger partial charge in [0.25, 0.3) is 0 Å². The highest BCUT2D eigenvalue weighted by Crippen LogP contribution is 2.38. The molecule has 1 atom stereocenters. The minimum atomic E-state index is -4.56. The zero-order chi connectivity index (χ0) is 31.9. The SMILES string of the molecule is CC/C=C/C1CC\C=C/C(c2cc(F)c(C(F)(F)Oc3ccc(-c4cc(F)c(F)c(F)c4)c(F)c3)c(F)c2)=C\C=C\CCC1. The molecule has 1 aliphatic rings. The second kappa shape index (κ2) is 14.6. The van der Waals surface area contributed by atoms with Crippen molar-refractivity contribution in [3.8, 4) is 16.9 Å². The summed E-state index contributed by atoms with van der Waals surface area (Å²) in [6, 6.07) is 4.76. The molecule has 0 bridgehead atoms. The lowest BCUT2D eigenvalue weighted by molar-refractivity contribution is -0.189. The highest BCUT2D eigenvalue weighted by Gasteiger charge is 2.41. The summed E-state index contributed by atoms with van der Waals surface area (Å²) in [5.41, 5.74) is -2.06. The van der Waals surface area contributed by atoms with Crippen LogP contribution in [0.4, 0.5) is 35.1 Å². The molecule has 0 spiro atoms. The van der Waals surface area contributed by atoms with E-state index in [4.69, 9.17) is 0 Å². The minimum Gasteiger partial charge on any atom is -0.429 e. The lowest BCUT2D eigenvalue weighted by atomic mass is 9.94. The van der Waals surface area contributed by atoms with E-state index in [1.807, 2.05) is 12.2 Å². The Morgan fingerprint density at radius 1 is 0.795 bits per heavy atom. The molecule has 232 valence electrons. The van der Waals surface area contributed by atoms with Gasteiger partial charge in [-0.1, -0.05) is 49.5 Å². The third-order valence-electron chi connectivity index (χ3n) is 7.15. The molecular weight excluding hydrogens is 588 g/mol. The lowest BCUT2D eigenvalue weighted by Crippen LogP contribution is -2.25. The minimum absolute atomic E-state index is 0.0362. The van der Waals surface area contributed by atoms with E-state index in [0.717, 1.165) is 62.8 Å². The van der Waals surface area contributed by atoms with Crippen LogP contribution < -0.4 is 4.74 Å². The Morgan fingerprint density at radius 3 is 2.14 bits per heavy atom. The van der Waals surface area contributed by atoms with Gasteiger partial charge in [0.1, 0.15) is 28.8 Å². The average Bonchev–Trinajstić information content (AvgIpc) is 2.94. The molecular formula is C35H30F8O. The van der Waals surface area contributed by atoms with E-state index >= 15 is 17.6 Å². The average molecular weight is 619 g/mol. The van der Waals surface area contributed by atoms with Crippen molar-refractivity contribution in [1.82, 2.24) is 0 Å². The van der Waals surface area contributed by atoms with Crippen LogP contribution in [0, 0.1) is 40.8 Å². The van der Waals surface area contributed by atoms with Crippen LogP contribution in [0.3, 0.4) is 0 Å². The predicted molar refractivity (Wildman–Crippen MR) is 155 cm³/mol. The van der Waals surface area contributed by atoms with Crippen molar-refractivity contribution in [3.05, 3.63) is 131 Å². The summed E-state index contributed by atoms with van der Waals surface area (Å²) in [5.74, 6) is -9.71. The maximum Gasteiger partial charge on any atom is 0.432 e. The van der Waals surface area contributed by atoms with Gasteiger partial charge in [-0.25, -0.2) is 26.3 Å². The van der Waals surface area contributed by atoms with Gasteiger partial charge in [0.2, 0.25) is 0 Å². The molecule has 1 nitrogen and oxygen atoms in total. The molecule has 0 aliphatic heterocycles. The van der Waals surface area contributed by atoms with E-state index in [2.05, 4.69) is 23.8 Å². The molecule has 3 aromatic rings. The molecule has 0 amide bonds. The topological polar surface area (TPSA) is 9.23 Å². The molecule has 44 heavy (non-hydrogen) atoms. The largest absolute Gasteiger partial charge is 0.432 e. The van der Waals surface area contributed by atoms with Crippen molar-refractivity contribution < 1.29 is 39.9 Å². The molecule has 0 radical (unpaired) electrons. The van der Waals surface area contributed by atoms with Gasteiger partial charge in [-0.3, -0.25) is 0 Å². The van der Waals surface area contributed by atoms with E-state index in [0.29, 0.717) is 29.7 Å². The third-order valence-corrected chi connectivity index (χ3v) is 7.15. The quantitative estimate of drug-likeness (QED) is 0.145. The van der Waals surface area contributed by atoms with Crippen LogP contribution in [0.25, 0.3) is 16.7 Å². The van der Waals surface area contributed by atoms with Gasteiger partial charge in [-0.05, 0) is 97.5 Å². The molecule has 0 saturated heterocycles. The van der Waals surface area contributed by atoms with Crippen LogP contribution in [0.2, 0.25) is 0 Å². The van der Waals surface area contributed by atoms with Crippen molar-refractivity contribution in [3.63, 3.8) is 0 Å². The van der Waals surface area contributed by atoms with Crippen molar-refractivity contribution in [2.45, 2.75) is 51.6 Å². The normalized spacial score (nSPS) is 19.1. The summed E-state index contributed by atoms with van der Waals surface area (Å²) in [5, 5.41) is 0. The number of rotatable bonds is 7. The van der Waals surface area contributed by atoms with Crippen LogP contribution in [-0.4, -0.2) is 0 Å². The highest BCUT2D eigenvalue weighted by atomic mass is 19.3. The molecule has 1 unspecified atom stereocenters. The van der Waals surface area contributed by atoms with Gasteiger partial charge in [-0.15, -0.1) is 0 Å². The molecule has 0 heterocycles. The Bertz CT molecular complexity index is 1560. The molecule has 0 N–H and O–H groups in total. The fraction of sp³-hybridized carbons (Fsp3) is 0.257. The van der Waals surface area contributed by atoms with Crippen molar-refractivity contribution in [2.75, 3.05) is 0 Å². The van der Waals surface area contributed by atoms with Gasteiger partial charge in [0, 0.05) is 11.6 Å². The van der Waals surface area contributed by atoms with Gasteiger partial charge >= 0.3 is 6.11 Å². The van der Waals surface area contributed by atoms with Gasteiger partial charge < -0.3 is 4.74 Å². The number of hydrogen-bond acceptors (Lipinski definition) is 1. The standard InChI is InChI=1S/C35H30F8O/c1-2-3-10-22-11-6-4-5-7-13-23(14-9-8-12-22)24-17-29(37)33(30(38)18-24)35(42,43)44-26-15-16-27(28(36)21-26)25-19-31(39)34(41)32(40)20-25/h3,5,7,9-10,13-22H,2,4,6,8,11-12H2,1H3/b7-5+,10-3+,14-9-,23-13+.